The predicted molar refractivity (Wildman–Crippen MR) is 108 cm³/mol. The van der Waals surface area contributed by atoms with Crippen LogP contribution in [0.4, 0.5) is 10.5 Å². The number of urea groups is 1. The van der Waals surface area contributed by atoms with Crippen LogP contribution in [0, 0.1) is 0 Å². The number of rotatable bonds is 6. The van der Waals surface area contributed by atoms with Crippen molar-refractivity contribution in [2.24, 2.45) is 0 Å². The minimum absolute atomic E-state index is 0.131. The lowest BCUT2D eigenvalue weighted by Crippen LogP contribution is -2.48. The predicted octanol–water partition coefficient (Wildman–Crippen LogP) is 2.81. The zero-order valence-corrected chi connectivity index (χ0v) is 16.0. The lowest BCUT2D eigenvalue weighted by atomic mass is 10.0. The molecule has 1 fully saturated rings. The number of piperazine rings is 1. The van der Waals surface area contributed by atoms with Crippen molar-refractivity contribution in [2.75, 3.05) is 52.2 Å². The van der Waals surface area contributed by atoms with Gasteiger partial charge in [-0.2, -0.15) is 0 Å². The molecule has 0 radical (unpaired) electrons. The van der Waals surface area contributed by atoms with E-state index in [0.717, 1.165) is 37.6 Å². The molecule has 0 spiro atoms. The molecule has 6 nitrogen and oxygen atoms in total. The number of nitrogens with one attached hydrogen (secondary N) is 2. The van der Waals surface area contributed by atoms with E-state index in [1.54, 1.807) is 7.11 Å². The van der Waals surface area contributed by atoms with E-state index in [-0.39, 0.29) is 12.1 Å². The van der Waals surface area contributed by atoms with Crippen LogP contribution in [0.15, 0.2) is 54.6 Å². The number of likely N-dealkylation sites (N-methyl/N-ethyl adjacent to an activating group) is 1. The number of hydrogen-bond acceptors (Lipinski definition) is 4. The summed E-state index contributed by atoms with van der Waals surface area (Å²) < 4.78 is 5.27. The molecule has 144 valence electrons. The summed E-state index contributed by atoms with van der Waals surface area (Å²) in [6, 6.07) is 17.5. The fourth-order valence-electron chi connectivity index (χ4n) is 3.30. The molecule has 1 aliphatic rings. The molecule has 3 rings (SSSR count). The summed E-state index contributed by atoms with van der Waals surface area (Å²) in [5.41, 5.74) is 1.97. The fraction of sp³-hybridized carbons (Fsp3) is 0.381. The molecule has 0 saturated carbocycles. The van der Waals surface area contributed by atoms with Gasteiger partial charge in [0.2, 0.25) is 0 Å². The van der Waals surface area contributed by atoms with Crippen molar-refractivity contribution in [3.63, 3.8) is 0 Å². The summed E-state index contributed by atoms with van der Waals surface area (Å²) in [5.74, 6) is 0.839. The van der Waals surface area contributed by atoms with Crippen molar-refractivity contribution < 1.29 is 9.53 Å². The molecule has 0 bridgehead atoms. The highest BCUT2D eigenvalue weighted by atomic mass is 16.5. The van der Waals surface area contributed by atoms with E-state index in [9.17, 15) is 4.79 Å². The number of hydrogen-bond donors (Lipinski definition) is 2. The van der Waals surface area contributed by atoms with Crippen molar-refractivity contribution in [3.05, 3.63) is 60.2 Å². The molecule has 1 unspecified atom stereocenters. The summed E-state index contributed by atoms with van der Waals surface area (Å²) in [4.78, 5) is 17.1. The van der Waals surface area contributed by atoms with Gasteiger partial charge in [0.25, 0.3) is 0 Å². The molecule has 27 heavy (non-hydrogen) atoms. The minimum Gasteiger partial charge on any atom is -0.497 e. The van der Waals surface area contributed by atoms with E-state index in [1.807, 2.05) is 42.5 Å². The van der Waals surface area contributed by atoms with E-state index >= 15 is 0 Å². The first-order chi connectivity index (χ1) is 13.2. The molecule has 6 heteroatoms. The Hall–Kier alpha value is -2.57. The number of benzene rings is 2. The number of ether oxygens (including phenoxy) is 1. The van der Waals surface area contributed by atoms with E-state index < -0.39 is 0 Å². The quantitative estimate of drug-likeness (QED) is 0.823. The standard InChI is InChI=1S/C21H28N4O2/c1-24-12-14-25(15-13-24)20(17-8-10-19(27-2)11-9-17)16-22-21(26)23-18-6-4-3-5-7-18/h3-11,20H,12-16H2,1-2H3,(H2,22,23,26). The van der Waals surface area contributed by atoms with Crippen molar-refractivity contribution in [3.8, 4) is 5.75 Å². The van der Waals surface area contributed by atoms with Crippen molar-refractivity contribution in [1.82, 2.24) is 15.1 Å². The van der Waals surface area contributed by atoms with E-state index in [0.29, 0.717) is 6.54 Å². The average molecular weight is 368 g/mol. The van der Waals surface area contributed by atoms with Crippen LogP contribution in [0.2, 0.25) is 0 Å². The fourth-order valence-corrected chi connectivity index (χ4v) is 3.30. The van der Waals surface area contributed by atoms with Crippen LogP contribution < -0.4 is 15.4 Å². The van der Waals surface area contributed by atoms with Crippen LogP contribution in [0.1, 0.15) is 11.6 Å². The van der Waals surface area contributed by atoms with Gasteiger partial charge in [-0.3, -0.25) is 4.90 Å². The summed E-state index contributed by atoms with van der Waals surface area (Å²) in [5, 5.41) is 5.91. The molecule has 1 atom stereocenters. The number of para-hydroxylation sites is 1. The first kappa shape index (κ1) is 19.2. The largest absolute Gasteiger partial charge is 0.497 e. The second-order valence-corrected chi connectivity index (χ2v) is 6.83. The number of anilines is 1. The molecule has 1 saturated heterocycles. The Morgan fingerprint density at radius 2 is 1.70 bits per heavy atom. The van der Waals surface area contributed by atoms with E-state index in [1.165, 1.54) is 5.56 Å². The number of amides is 2. The Labute approximate surface area is 161 Å². The van der Waals surface area contributed by atoms with Crippen LogP contribution in [-0.4, -0.2) is 62.7 Å². The van der Waals surface area contributed by atoms with E-state index in [4.69, 9.17) is 4.74 Å². The van der Waals surface area contributed by atoms with Gasteiger partial charge in [-0.05, 0) is 36.9 Å². The van der Waals surface area contributed by atoms with Crippen molar-refractivity contribution in [2.45, 2.75) is 6.04 Å². The molecular weight excluding hydrogens is 340 g/mol. The zero-order valence-electron chi connectivity index (χ0n) is 16.0. The lowest BCUT2D eigenvalue weighted by Gasteiger charge is -2.38. The maximum Gasteiger partial charge on any atom is 0.319 e. The smallest absolute Gasteiger partial charge is 0.319 e. The third-order valence-corrected chi connectivity index (χ3v) is 4.97. The van der Waals surface area contributed by atoms with Crippen LogP contribution in [0.25, 0.3) is 0 Å². The minimum atomic E-state index is -0.186. The highest BCUT2D eigenvalue weighted by Crippen LogP contribution is 2.24. The number of nitrogens with zero attached hydrogens (tertiary/aromatic N) is 2. The molecule has 1 aliphatic heterocycles. The molecular formula is C21H28N4O2. The molecule has 0 aromatic heterocycles. The molecule has 1 heterocycles. The Balaban J connectivity index is 1.66. The second kappa shape index (κ2) is 9.39. The maximum atomic E-state index is 12.3. The lowest BCUT2D eigenvalue weighted by molar-refractivity contribution is 0.111. The monoisotopic (exact) mass is 368 g/mol. The zero-order chi connectivity index (χ0) is 19.1. The van der Waals surface area contributed by atoms with E-state index in [2.05, 4.69) is 39.6 Å². The van der Waals surface area contributed by atoms with Crippen LogP contribution in [0.3, 0.4) is 0 Å². The van der Waals surface area contributed by atoms with Crippen LogP contribution in [0.5, 0.6) is 5.75 Å². The first-order valence-corrected chi connectivity index (χ1v) is 9.32. The van der Waals surface area contributed by atoms with Gasteiger partial charge in [0, 0.05) is 38.4 Å². The van der Waals surface area contributed by atoms with Gasteiger partial charge >= 0.3 is 6.03 Å². The topological polar surface area (TPSA) is 56.8 Å². The van der Waals surface area contributed by atoms with Crippen LogP contribution >= 0.6 is 0 Å². The van der Waals surface area contributed by atoms with Gasteiger partial charge in [-0.25, -0.2) is 4.79 Å². The molecule has 2 N–H and O–H groups in total. The van der Waals surface area contributed by atoms with Gasteiger partial charge in [-0.1, -0.05) is 30.3 Å². The highest BCUT2D eigenvalue weighted by molar-refractivity contribution is 5.89. The number of carbonyl (C=O) groups is 1. The summed E-state index contributed by atoms with van der Waals surface area (Å²) in [7, 11) is 3.81. The summed E-state index contributed by atoms with van der Waals surface area (Å²) in [6.45, 7) is 4.57. The third kappa shape index (κ3) is 5.45. The first-order valence-electron chi connectivity index (χ1n) is 9.32. The Kier molecular flexibility index (Phi) is 6.68. The van der Waals surface area contributed by atoms with Crippen molar-refractivity contribution in [1.29, 1.82) is 0 Å². The van der Waals surface area contributed by atoms with Gasteiger partial charge in [0.05, 0.1) is 13.2 Å². The van der Waals surface area contributed by atoms with Gasteiger partial charge in [0.15, 0.2) is 0 Å². The Bertz CT molecular complexity index is 713. The average Bonchev–Trinajstić information content (AvgIpc) is 2.70. The summed E-state index contributed by atoms with van der Waals surface area (Å²) in [6.07, 6.45) is 0. The second-order valence-electron chi connectivity index (χ2n) is 6.83. The number of carbonyl (C=O) groups excluding carboxylic acids is 1. The summed E-state index contributed by atoms with van der Waals surface area (Å²) >= 11 is 0. The van der Waals surface area contributed by atoms with Gasteiger partial charge in [0.1, 0.15) is 5.75 Å². The molecule has 0 aliphatic carbocycles. The third-order valence-electron chi connectivity index (χ3n) is 4.97. The Morgan fingerprint density at radius 3 is 2.33 bits per heavy atom. The molecule has 2 aromatic carbocycles. The normalized spacial score (nSPS) is 16.5. The number of methoxy groups -OCH3 is 1. The van der Waals surface area contributed by atoms with Crippen LogP contribution in [-0.2, 0) is 0 Å². The highest BCUT2D eigenvalue weighted by Gasteiger charge is 2.24. The van der Waals surface area contributed by atoms with Gasteiger partial charge < -0.3 is 20.3 Å². The van der Waals surface area contributed by atoms with Gasteiger partial charge in [-0.15, -0.1) is 0 Å². The maximum absolute atomic E-state index is 12.3. The Morgan fingerprint density at radius 1 is 1.04 bits per heavy atom. The van der Waals surface area contributed by atoms with Crippen molar-refractivity contribution >= 4 is 11.7 Å². The molecule has 2 amide bonds. The SMILES string of the molecule is COc1ccc(C(CNC(=O)Nc2ccccc2)N2CCN(C)CC2)cc1. The molecule has 2 aromatic rings.